The van der Waals surface area contributed by atoms with Crippen molar-refractivity contribution < 1.29 is 9.53 Å². The van der Waals surface area contributed by atoms with Gasteiger partial charge >= 0.3 is 0 Å². The first-order chi connectivity index (χ1) is 9.19. The number of nitrogens with zero attached hydrogens (tertiary/aromatic N) is 2. The van der Waals surface area contributed by atoms with Crippen molar-refractivity contribution in [1.82, 2.24) is 15.5 Å². The lowest BCUT2D eigenvalue weighted by Gasteiger charge is -2.05. The normalized spacial score (nSPS) is 10.2. The topological polar surface area (TPSA) is 64.1 Å². The van der Waals surface area contributed by atoms with Crippen LogP contribution in [0.15, 0.2) is 24.3 Å². The minimum atomic E-state index is -0.257. The summed E-state index contributed by atoms with van der Waals surface area (Å²) in [6, 6.07) is 7.72. The molecule has 7 heteroatoms. The first kappa shape index (κ1) is 13.8. The van der Waals surface area contributed by atoms with Crippen LogP contribution in [0.4, 0.5) is 0 Å². The van der Waals surface area contributed by atoms with Crippen molar-refractivity contribution in [3.63, 3.8) is 0 Å². The first-order valence-corrected chi connectivity index (χ1v) is 6.78. The van der Waals surface area contributed by atoms with Crippen molar-refractivity contribution in [3.8, 4) is 5.75 Å². The van der Waals surface area contributed by atoms with Gasteiger partial charge in [-0.2, -0.15) is 0 Å². The van der Waals surface area contributed by atoms with Crippen LogP contribution in [0, 0.1) is 0 Å². The molecular weight excluding hydrogens is 286 g/mol. The maximum Gasteiger partial charge on any atom is 0.282 e. The molecule has 0 bridgehead atoms. The van der Waals surface area contributed by atoms with Gasteiger partial charge in [0.25, 0.3) is 5.91 Å². The smallest absolute Gasteiger partial charge is 0.282 e. The van der Waals surface area contributed by atoms with E-state index in [0.717, 1.165) is 29.1 Å². The molecule has 0 radical (unpaired) electrons. The van der Waals surface area contributed by atoms with Crippen LogP contribution in [-0.2, 0) is 6.42 Å². The third-order valence-electron chi connectivity index (χ3n) is 2.43. The van der Waals surface area contributed by atoms with E-state index in [9.17, 15) is 4.79 Å². The van der Waals surface area contributed by atoms with Crippen LogP contribution in [0.3, 0.4) is 0 Å². The minimum Gasteiger partial charge on any atom is -0.497 e. The largest absolute Gasteiger partial charge is 0.497 e. The first-order valence-electron chi connectivity index (χ1n) is 5.59. The minimum absolute atomic E-state index is 0.257. The Labute approximate surface area is 119 Å². The Morgan fingerprint density at radius 3 is 3.00 bits per heavy atom. The van der Waals surface area contributed by atoms with E-state index in [0.29, 0.717) is 6.54 Å². The second kappa shape index (κ2) is 6.49. The Balaban J connectivity index is 1.84. The van der Waals surface area contributed by atoms with Crippen molar-refractivity contribution in [2.75, 3.05) is 13.7 Å². The number of amides is 1. The highest BCUT2D eigenvalue weighted by molar-refractivity contribution is 7.17. The summed E-state index contributed by atoms with van der Waals surface area (Å²) in [6.07, 6.45) is 0.718. The highest BCUT2D eigenvalue weighted by atomic mass is 35.5. The van der Waals surface area contributed by atoms with Gasteiger partial charge in [-0.15, -0.1) is 10.2 Å². The van der Waals surface area contributed by atoms with Crippen LogP contribution in [0.25, 0.3) is 0 Å². The molecule has 5 nitrogen and oxygen atoms in total. The molecule has 1 N–H and O–H groups in total. The average molecular weight is 298 g/mol. The number of hydrogen-bond donors (Lipinski definition) is 1. The van der Waals surface area contributed by atoms with Gasteiger partial charge < -0.3 is 10.1 Å². The molecule has 0 aliphatic carbocycles. The van der Waals surface area contributed by atoms with Crippen LogP contribution in [-0.4, -0.2) is 29.8 Å². The second-order valence-corrected chi connectivity index (χ2v) is 5.28. The fourth-order valence-electron chi connectivity index (χ4n) is 1.52. The summed E-state index contributed by atoms with van der Waals surface area (Å²) in [7, 11) is 1.63. The van der Waals surface area contributed by atoms with E-state index in [1.54, 1.807) is 7.11 Å². The summed E-state index contributed by atoms with van der Waals surface area (Å²) < 4.78 is 5.40. The Morgan fingerprint density at radius 1 is 1.47 bits per heavy atom. The molecule has 0 spiro atoms. The molecule has 0 unspecified atom stereocenters. The van der Waals surface area contributed by atoms with Gasteiger partial charge in [-0.3, -0.25) is 4.79 Å². The van der Waals surface area contributed by atoms with E-state index in [1.807, 2.05) is 24.3 Å². The van der Waals surface area contributed by atoms with Crippen molar-refractivity contribution in [2.24, 2.45) is 0 Å². The van der Waals surface area contributed by atoms with Gasteiger partial charge in [-0.05, 0) is 35.7 Å². The molecule has 0 saturated heterocycles. The molecular formula is C12H12ClN3O2S. The van der Waals surface area contributed by atoms with Gasteiger partial charge in [0.2, 0.25) is 9.47 Å². The molecule has 2 aromatic rings. The van der Waals surface area contributed by atoms with E-state index in [4.69, 9.17) is 16.3 Å². The number of carbonyl (C=O) groups is 1. The van der Waals surface area contributed by atoms with Crippen molar-refractivity contribution in [2.45, 2.75) is 6.42 Å². The zero-order valence-electron chi connectivity index (χ0n) is 10.2. The highest BCUT2D eigenvalue weighted by Crippen LogP contribution is 2.15. The maximum atomic E-state index is 11.7. The summed E-state index contributed by atoms with van der Waals surface area (Å²) in [6.45, 7) is 0.517. The van der Waals surface area contributed by atoms with Crippen LogP contribution >= 0.6 is 22.9 Å². The van der Waals surface area contributed by atoms with E-state index < -0.39 is 0 Å². The number of ether oxygens (including phenoxy) is 1. The highest BCUT2D eigenvalue weighted by Gasteiger charge is 2.10. The zero-order chi connectivity index (χ0) is 13.7. The Kier molecular flexibility index (Phi) is 4.70. The van der Waals surface area contributed by atoms with E-state index in [2.05, 4.69) is 15.5 Å². The van der Waals surface area contributed by atoms with Gasteiger partial charge in [0.05, 0.1) is 7.11 Å². The fourth-order valence-corrected chi connectivity index (χ4v) is 2.27. The Hall–Kier alpha value is -1.66. The number of carbonyl (C=O) groups excluding carboxylic acids is 1. The number of aromatic nitrogens is 2. The molecule has 1 aromatic heterocycles. The molecule has 0 aliphatic heterocycles. The van der Waals surface area contributed by atoms with E-state index in [1.165, 1.54) is 0 Å². The summed E-state index contributed by atoms with van der Waals surface area (Å²) in [5.41, 5.74) is 1.09. The summed E-state index contributed by atoms with van der Waals surface area (Å²) in [4.78, 5) is 11.7. The molecule has 0 fully saturated rings. The monoisotopic (exact) mass is 297 g/mol. The van der Waals surface area contributed by atoms with Crippen LogP contribution in [0.5, 0.6) is 5.75 Å². The molecule has 1 amide bonds. The van der Waals surface area contributed by atoms with Crippen LogP contribution < -0.4 is 10.1 Å². The van der Waals surface area contributed by atoms with Crippen molar-refractivity contribution >= 4 is 28.8 Å². The van der Waals surface area contributed by atoms with Gasteiger partial charge in [0, 0.05) is 6.54 Å². The summed E-state index contributed by atoms with van der Waals surface area (Å²) >= 11 is 6.68. The van der Waals surface area contributed by atoms with Crippen molar-refractivity contribution in [3.05, 3.63) is 39.3 Å². The number of hydrogen-bond acceptors (Lipinski definition) is 5. The fraction of sp³-hybridized carbons (Fsp3) is 0.250. The predicted octanol–water partition coefficient (Wildman–Crippen LogP) is 2.17. The summed E-state index contributed by atoms with van der Waals surface area (Å²) in [5.74, 6) is 0.548. The number of benzene rings is 1. The molecule has 0 aliphatic rings. The Bertz CT molecular complexity index is 574. The van der Waals surface area contributed by atoms with Crippen molar-refractivity contribution in [1.29, 1.82) is 0 Å². The van der Waals surface area contributed by atoms with Gasteiger partial charge in [-0.1, -0.05) is 23.5 Å². The predicted molar refractivity (Wildman–Crippen MR) is 74.0 cm³/mol. The number of rotatable bonds is 5. The van der Waals surface area contributed by atoms with Gasteiger partial charge in [-0.25, -0.2) is 0 Å². The molecule has 0 atom stereocenters. The average Bonchev–Trinajstić information content (AvgIpc) is 2.86. The molecule has 1 heterocycles. The SMILES string of the molecule is COc1cccc(CCNC(=O)c2nnc(Cl)s2)c1. The lowest BCUT2D eigenvalue weighted by Crippen LogP contribution is -2.25. The van der Waals surface area contributed by atoms with E-state index in [-0.39, 0.29) is 15.4 Å². The van der Waals surface area contributed by atoms with Gasteiger partial charge in [0.1, 0.15) is 5.75 Å². The lowest BCUT2D eigenvalue weighted by molar-refractivity contribution is 0.0953. The summed E-state index contributed by atoms with van der Waals surface area (Å²) in [5, 5.41) is 10.3. The maximum absolute atomic E-state index is 11.7. The third kappa shape index (κ3) is 3.90. The third-order valence-corrected chi connectivity index (χ3v) is 3.45. The van der Waals surface area contributed by atoms with E-state index >= 15 is 0 Å². The van der Waals surface area contributed by atoms with Gasteiger partial charge in [0.15, 0.2) is 0 Å². The number of halogens is 1. The molecule has 100 valence electrons. The molecule has 0 saturated carbocycles. The Morgan fingerprint density at radius 2 is 2.32 bits per heavy atom. The van der Waals surface area contributed by atoms with Crippen LogP contribution in [0.1, 0.15) is 15.4 Å². The number of methoxy groups -OCH3 is 1. The lowest BCUT2D eigenvalue weighted by atomic mass is 10.1. The standard InChI is InChI=1S/C12H12ClN3O2S/c1-18-9-4-2-3-8(7-9)5-6-14-10(17)11-15-16-12(13)19-11/h2-4,7H,5-6H2,1H3,(H,14,17). The molecule has 2 rings (SSSR count). The molecule has 19 heavy (non-hydrogen) atoms. The second-order valence-electron chi connectivity index (χ2n) is 3.72. The van der Waals surface area contributed by atoms with Crippen LogP contribution in [0.2, 0.25) is 4.47 Å². The molecule has 1 aromatic carbocycles. The zero-order valence-corrected chi connectivity index (χ0v) is 11.8. The quantitative estimate of drug-likeness (QED) is 0.918. The number of nitrogens with one attached hydrogen (secondary N) is 1.